The first kappa shape index (κ1) is 28.3. The van der Waals surface area contributed by atoms with Gasteiger partial charge in [0.2, 0.25) is 5.91 Å². The van der Waals surface area contributed by atoms with Crippen molar-refractivity contribution in [1.29, 1.82) is 0 Å². The fourth-order valence-electron chi connectivity index (χ4n) is 6.61. The molecule has 222 valence electrons. The molecule has 1 amide bonds. The lowest BCUT2D eigenvalue weighted by Gasteiger charge is -2.38. The Balaban J connectivity index is 1.23. The number of aromatic hydroxyl groups is 1. The zero-order chi connectivity index (χ0) is 29.2. The maximum absolute atomic E-state index is 12.2. The Morgan fingerprint density at radius 3 is 2.57 bits per heavy atom. The minimum atomic E-state index is -0.0286. The summed E-state index contributed by atoms with van der Waals surface area (Å²) < 4.78 is 6.21. The third-order valence-electron chi connectivity index (χ3n) is 9.17. The zero-order valence-corrected chi connectivity index (χ0v) is 24.8. The van der Waals surface area contributed by atoms with Crippen LogP contribution in [0.15, 0.2) is 49.1 Å². The van der Waals surface area contributed by atoms with Crippen LogP contribution in [0.25, 0.3) is 10.8 Å². The average molecular weight is 571 g/mol. The number of amides is 1. The van der Waals surface area contributed by atoms with E-state index >= 15 is 0 Å². The molecule has 9 heteroatoms. The molecule has 1 aromatic heterocycles. The SMILES string of the molecule is C=CC(=O)N1CCN(c2nc(OCCCN3C[C@@H](C)[C@@H](C)C3)nc3c2CCN(c2cc(O)cc4ccccc24)C3)CC1. The molecule has 0 radical (unpaired) electrons. The van der Waals surface area contributed by atoms with Crippen LogP contribution in [0.2, 0.25) is 0 Å². The van der Waals surface area contributed by atoms with Gasteiger partial charge in [0.15, 0.2) is 0 Å². The highest BCUT2D eigenvalue weighted by molar-refractivity contribution is 5.95. The Bertz CT molecular complexity index is 1440. The van der Waals surface area contributed by atoms with Crippen LogP contribution < -0.4 is 14.5 Å². The topological polar surface area (TPSA) is 85.3 Å². The normalized spacial score (nSPS) is 21.0. The number of hydrogen-bond acceptors (Lipinski definition) is 8. The molecule has 0 spiro atoms. The van der Waals surface area contributed by atoms with E-state index in [0.29, 0.717) is 45.3 Å². The predicted octanol–water partition coefficient (Wildman–Crippen LogP) is 4.09. The molecule has 9 nitrogen and oxygen atoms in total. The van der Waals surface area contributed by atoms with E-state index in [1.165, 1.54) is 6.08 Å². The van der Waals surface area contributed by atoms with Crippen molar-refractivity contribution >= 4 is 28.2 Å². The summed E-state index contributed by atoms with van der Waals surface area (Å²) in [6.07, 6.45) is 3.10. The van der Waals surface area contributed by atoms with Crippen LogP contribution >= 0.6 is 0 Å². The van der Waals surface area contributed by atoms with Crippen LogP contribution in [-0.2, 0) is 17.8 Å². The summed E-state index contributed by atoms with van der Waals surface area (Å²) in [5.41, 5.74) is 3.11. The van der Waals surface area contributed by atoms with Crippen LogP contribution in [0.3, 0.4) is 0 Å². The van der Waals surface area contributed by atoms with Gasteiger partial charge in [-0.15, -0.1) is 0 Å². The van der Waals surface area contributed by atoms with E-state index < -0.39 is 0 Å². The standard InChI is InChI=1S/C33H42N6O3/c1-4-31(41)37-13-15-38(16-14-37)32-28-10-12-39(30-19-26(40)18-25-8-5-6-9-27(25)30)22-29(28)34-33(35-32)42-17-7-11-36-20-23(2)24(3)21-36/h4-6,8-9,18-19,23-24,40H,1,7,10-17,20-22H2,2-3H3/t23-,24+. The van der Waals surface area contributed by atoms with Crippen molar-refractivity contribution in [3.63, 3.8) is 0 Å². The lowest BCUT2D eigenvalue weighted by molar-refractivity contribution is -0.126. The van der Waals surface area contributed by atoms with Crippen LogP contribution in [0.1, 0.15) is 31.5 Å². The number of hydrogen-bond donors (Lipinski definition) is 1. The van der Waals surface area contributed by atoms with Gasteiger partial charge in [0, 0.05) is 75.1 Å². The molecule has 1 N–H and O–H groups in total. The third-order valence-corrected chi connectivity index (χ3v) is 9.17. The quantitative estimate of drug-likeness (QED) is 0.320. The van der Waals surface area contributed by atoms with Crippen molar-refractivity contribution in [2.45, 2.75) is 33.2 Å². The Labute approximate surface area is 248 Å². The molecule has 4 heterocycles. The highest BCUT2D eigenvalue weighted by Gasteiger charge is 2.29. The van der Waals surface area contributed by atoms with Gasteiger partial charge >= 0.3 is 6.01 Å². The molecule has 2 fully saturated rings. The molecule has 0 aliphatic carbocycles. The summed E-state index contributed by atoms with van der Waals surface area (Å²) in [5, 5.41) is 12.6. The highest BCUT2D eigenvalue weighted by Crippen LogP contribution is 2.36. The van der Waals surface area contributed by atoms with Crippen molar-refractivity contribution in [3.05, 3.63) is 60.3 Å². The van der Waals surface area contributed by atoms with Gasteiger partial charge < -0.3 is 29.4 Å². The average Bonchev–Trinajstić information content (AvgIpc) is 3.34. The molecular formula is C33H42N6O3. The molecule has 3 aromatic rings. The number of anilines is 2. The number of aromatic nitrogens is 2. The molecule has 2 aromatic carbocycles. The van der Waals surface area contributed by atoms with Crippen molar-refractivity contribution < 1.29 is 14.6 Å². The minimum Gasteiger partial charge on any atom is -0.508 e. The first-order valence-corrected chi connectivity index (χ1v) is 15.3. The third kappa shape index (κ3) is 5.88. The van der Waals surface area contributed by atoms with Crippen molar-refractivity contribution in [2.75, 3.05) is 68.8 Å². The second kappa shape index (κ2) is 12.2. The molecule has 0 unspecified atom stereocenters. The van der Waals surface area contributed by atoms with Gasteiger partial charge in [0.25, 0.3) is 0 Å². The van der Waals surface area contributed by atoms with Crippen LogP contribution in [0.4, 0.5) is 11.5 Å². The summed E-state index contributed by atoms with van der Waals surface area (Å²) in [4.78, 5) is 31.0. The molecule has 6 rings (SSSR count). The number of phenols is 1. The van der Waals surface area contributed by atoms with Gasteiger partial charge in [0.05, 0.1) is 18.8 Å². The number of phenolic OH excluding ortho intramolecular Hbond substituents is 1. The lowest BCUT2D eigenvalue weighted by atomic mass is 10.0. The van der Waals surface area contributed by atoms with E-state index in [0.717, 1.165) is 84.4 Å². The molecule has 0 bridgehead atoms. The Morgan fingerprint density at radius 2 is 1.81 bits per heavy atom. The molecule has 0 saturated carbocycles. The molecule has 42 heavy (non-hydrogen) atoms. The van der Waals surface area contributed by atoms with Gasteiger partial charge in [-0.25, -0.2) is 0 Å². The number of likely N-dealkylation sites (tertiary alicyclic amines) is 1. The zero-order valence-electron chi connectivity index (χ0n) is 24.8. The molecular weight excluding hydrogens is 528 g/mol. The fraction of sp³-hybridized carbons (Fsp3) is 0.485. The molecule has 2 saturated heterocycles. The Hall–Kier alpha value is -3.85. The molecule has 3 aliphatic heterocycles. The van der Waals surface area contributed by atoms with E-state index in [4.69, 9.17) is 14.7 Å². The molecule has 3 aliphatic rings. The van der Waals surface area contributed by atoms with Gasteiger partial charge in [-0.1, -0.05) is 44.7 Å². The van der Waals surface area contributed by atoms with Crippen molar-refractivity contribution in [3.8, 4) is 11.8 Å². The fourth-order valence-corrected chi connectivity index (χ4v) is 6.61. The number of rotatable bonds is 8. The largest absolute Gasteiger partial charge is 0.508 e. The number of carbonyl (C=O) groups is 1. The van der Waals surface area contributed by atoms with Gasteiger partial charge in [0.1, 0.15) is 11.6 Å². The van der Waals surface area contributed by atoms with E-state index in [9.17, 15) is 9.90 Å². The smallest absolute Gasteiger partial charge is 0.318 e. The predicted molar refractivity (Wildman–Crippen MR) is 166 cm³/mol. The summed E-state index contributed by atoms with van der Waals surface area (Å²) in [6, 6.07) is 12.2. The van der Waals surface area contributed by atoms with E-state index in [1.807, 2.05) is 35.2 Å². The van der Waals surface area contributed by atoms with Gasteiger partial charge in [-0.3, -0.25) is 4.79 Å². The van der Waals surface area contributed by atoms with Crippen LogP contribution in [0, 0.1) is 11.8 Å². The van der Waals surface area contributed by atoms with Gasteiger partial charge in [-0.2, -0.15) is 9.97 Å². The highest BCUT2D eigenvalue weighted by atomic mass is 16.5. The first-order chi connectivity index (χ1) is 20.4. The maximum atomic E-state index is 12.2. The second-order valence-corrected chi connectivity index (χ2v) is 12.0. The molecule has 2 atom stereocenters. The number of ether oxygens (including phenoxy) is 1. The van der Waals surface area contributed by atoms with Crippen molar-refractivity contribution in [1.82, 2.24) is 19.8 Å². The number of piperazine rings is 1. The minimum absolute atomic E-state index is 0.0286. The summed E-state index contributed by atoms with van der Waals surface area (Å²) >= 11 is 0. The first-order valence-electron chi connectivity index (χ1n) is 15.3. The number of fused-ring (bicyclic) bond motifs is 2. The van der Waals surface area contributed by atoms with E-state index in [1.54, 1.807) is 0 Å². The van der Waals surface area contributed by atoms with Crippen molar-refractivity contribution in [2.24, 2.45) is 11.8 Å². The monoisotopic (exact) mass is 570 g/mol. The number of carbonyl (C=O) groups excluding carboxylic acids is 1. The van der Waals surface area contributed by atoms with E-state index in [-0.39, 0.29) is 11.7 Å². The van der Waals surface area contributed by atoms with Crippen LogP contribution in [-0.4, -0.2) is 89.7 Å². The van der Waals surface area contributed by atoms with Crippen LogP contribution in [0.5, 0.6) is 11.8 Å². The summed E-state index contributed by atoms with van der Waals surface area (Å²) in [6.45, 7) is 16.3. The maximum Gasteiger partial charge on any atom is 0.318 e. The summed E-state index contributed by atoms with van der Waals surface area (Å²) in [5.74, 6) is 2.63. The second-order valence-electron chi connectivity index (χ2n) is 12.0. The number of benzene rings is 2. The number of nitrogens with zero attached hydrogens (tertiary/aromatic N) is 6. The lowest BCUT2D eigenvalue weighted by Crippen LogP contribution is -2.49. The Morgan fingerprint density at radius 1 is 1.05 bits per heavy atom. The van der Waals surface area contributed by atoms with Gasteiger partial charge in [-0.05, 0) is 42.2 Å². The van der Waals surface area contributed by atoms with E-state index in [2.05, 4.69) is 41.2 Å². The Kier molecular flexibility index (Phi) is 8.20. The summed E-state index contributed by atoms with van der Waals surface area (Å²) in [7, 11) is 0.